The van der Waals surface area contributed by atoms with Crippen LogP contribution in [-0.2, 0) is 33.7 Å². The number of thiophene rings is 1. The third-order valence-electron chi connectivity index (χ3n) is 9.73. The number of nitrogens with one attached hydrogen (secondary N) is 3. The van der Waals surface area contributed by atoms with Gasteiger partial charge in [-0.25, -0.2) is 9.37 Å². The standard InChI is InChI=1S/C37H41ClF3N6O7PS2/c1-3-53-55(52,54-4-2)37(40,41)22-6-11-30-21(15-22)17-31(57-30)34(50)45-27-18-43-14-13-23-7-10-29(47(23)36(27)51)33(49)44-26(9-12-32(42)48)35-46-28(19-56-35)20-5-8-25(39)24(38)16-20/h5-6,8,11,15-17,19,23,26-27,29,43H,3-4,7,9-10,12-14,18H2,1-2H3,(H2,42,48)(H,44,49)(H,45,50)/t23-,26+,27+,29+/m1/s1. The fourth-order valence-corrected chi connectivity index (χ4v) is 10.5. The summed E-state index contributed by atoms with van der Waals surface area (Å²) in [5.41, 5.74) is 1.94. The smallest absolute Gasteiger partial charge is 0.370 e. The number of carbonyl (C=O) groups excluding carboxylic acids is 4. The van der Waals surface area contributed by atoms with Gasteiger partial charge in [-0.3, -0.25) is 23.7 Å². The van der Waals surface area contributed by atoms with Gasteiger partial charge in [0.25, 0.3) is 5.91 Å². The number of thiazole rings is 1. The SMILES string of the molecule is CCOP(=O)(OCC)C(F)(F)c1ccc2sc(C(=O)N[C@H]3CNCC[C@H]4CC[C@@H](C(=O)N[C@@H](CCC(N)=O)c5nc(-c6ccc(F)c(Cl)c6)cs5)N4C3=O)cc2c1. The van der Waals surface area contributed by atoms with Crippen LogP contribution < -0.4 is 21.7 Å². The first-order valence-corrected chi connectivity index (χ1v) is 21.9. The Morgan fingerprint density at radius 2 is 1.88 bits per heavy atom. The number of benzene rings is 2. The number of hydrogen-bond acceptors (Lipinski definition) is 11. The summed E-state index contributed by atoms with van der Waals surface area (Å²) in [7, 11) is -4.86. The first-order chi connectivity index (χ1) is 27.1. The number of fused-ring (bicyclic) bond motifs is 2. The second-order valence-corrected chi connectivity index (χ2v) is 18.0. The molecule has 0 aliphatic carbocycles. The van der Waals surface area contributed by atoms with Crippen molar-refractivity contribution < 1.29 is 46.0 Å². The van der Waals surface area contributed by atoms with Crippen LogP contribution in [0.15, 0.2) is 47.8 Å². The van der Waals surface area contributed by atoms with Gasteiger partial charge in [0.1, 0.15) is 22.9 Å². The van der Waals surface area contributed by atoms with Crippen molar-refractivity contribution >= 4 is 75.6 Å². The average molecular weight is 869 g/mol. The highest BCUT2D eigenvalue weighted by Crippen LogP contribution is 2.67. The Morgan fingerprint density at radius 1 is 1.12 bits per heavy atom. The lowest BCUT2D eigenvalue weighted by atomic mass is 10.1. The summed E-state index contributed by atoms with van der Waals surface area (Å²) in [5.74, 6) is -2.71. The van der Waals surface area contributed by atoms with E-state index in [2.05, 4.69) is 20.9 Å². The summed E-state index contributed by atoms with van der Waals surface area (Å²) in [4.78, 5) is 60.0. The minimum atomic E-state index is -4.86. The summed E-state index contributed by atoms with van der Waals surface area (Å²) in [6, 6.07) is 6.25. The van der Waals surface area contributed by atoms with Gasteiger partial charge >= 0.3 is 13.3 Å². The topological polar surface area (TPSA) is 182 Å². The van der Waals surface area contributed by atoms with E-state index in [1.54, 1.807) is 5.38 Å². The molecule has 57 heavy (non-hydrogen) atoms. The lowest BCUT2D eigenvalue weighted by molar-refractivity contribution is -0.142. The monoisotopic (exact) mass is 868 g/mol. The molecule has 0 radical (unpaired) electrons. The number of amides is 4. The van der Waals surface area contributed by atoms with Crippen LogP contribution in [0.5, 0.6) is 0 Å². The van der Waals surface area contributed by atoms with Gasteiger partial charge in [-0.2, -0.15) is 8.78 Å². The number of alkyl halides is 2. The van der Waals surface area contributed by atoms with Crippen molar-refractivity contribution in [3.8, 4) is 11.3 Å². The van der Waals surface area contributed by atoms with Crippen LogP contribution in [0.4, 0.5) is 13.2 Å². The normalized spacial score (nSPS) is 19.5. The molecule has 2 aliphatic rings. The predicted molar refractivity (Wildman–Crippen MR) is 211 cm³/mol. The second kappa shape index (κ2) is 17.9. The maximum Gasteiger partial charge on any atom is 0.404 e. The van der Waals surface area contributed by atoms with Crippen LogP contribution in [-0.4, -0.2) is 77.9 Å². The highest BCUT2D eigenvalue weighted by atomic mass is 35.5. The number of carbonyl (C=O) groups is 4. The van der Waals surface area contributed by atoms with Crippen molar-refractivity contribution in [2.24, 2.45) is 5.73 Å². The number of hydrogen-bond donors (Lipinski definition) is 4. The summed E-state index contributed by atoms with van der Waals surface area (Å²) in [6.07, 6.45) is 1.54. The average Bonchev–Trinajstić information content (AvgIpc) is 3.93. The molecule has 306 valence electrons. The van der Waals surface area contributed by atoms with Crippen LogP contribution in [0.25, 0.3) is 21.3 Å². The van der Waals surface area contributed by atoms with Gasteiger partial charge in [-0.15, -0.1) is 22.7 Å². The lowest BCUT2D eigenvalue weighted by Gasteiger charge is -2.35. The van der Waals surface area contributed by atoms with Crippen LogP contribution in [0, 0.1) is 5.82 Å². The number of nitrogens with zero attached hydrogens (tertiary/aromatic N) is 2. The zero-order valence-corrected chi connectivity index (χ0v) is 34.2. The molecule has 2 saturated heterocycles. The molecule has 4 aromatic rings. The van der Waals surface area contributed by atoms with Crippen molar-refractivity contribution in [3.05, 3.63) is 74.1 Å². The number of aromatic nitrogens is 1. The maximum absolute atomic E-state index is 15.5. The lowest BCUT2D eigenvalue weighted by Crippen LogP contribution is -2.60. The molecule has 4 heterocycles. The predicted octanol–water partition coefficient (Wildman–Crippen LogP) is 6.71. The van der Waals surface area contributed by atoms with E-state index >= 15 is 8.78 Å². The summed E-state index contributed by atoms with van der Waals surface area (Å²) < 4.78 is 68.2. The van der Waals surface area contributed by atoms with Crippen molar-refractivity contribution in [2.45, 2.75) is 75.8 Å². The van der Waals surface area contributed by atoms with Gasteiger partial charge in [0.15, 0.2) is 0 Å². The van der Waals surface area contributed by atoms with E-state index in [-0.39, 0.29) is 48.5 Å². The van der Waals surface area contributed by atoms with Crippen LogP contribution in [0.3, 0.4) is 0 Å². The summed E-state index contributed by atoms with van der Waals surface area (Å²) in [6.45, 7) is 2.95. The molecule has 4 amide bonds. The Hall–Kier alpha value is -3.90. The molecule has 0 bridgehead atoms. The molecule has 0 spiro atoms. The highest BCUT2D eigenvalue weighted by molar-refractivity contribution is 7.54. The molecule has 2 aliphatic heterocycles. The van der Waals surface area contributed by atoms with E-state index in [4.69, 9.17) is 26.4 Å². The molecule has 4 atom stereocenters. The fourth-order valence-electron chi connectivity index (χ4n) is 6.97. The quantitative estimate of drug-likeness (QED) is 0.0945. The van der Waals surface area contributed by atoms with E-state index in [1.807, 2.05) is 0 Å². The molecular formula is C37H41ClF3N6O7PS2. The van der Waals surface area contributed by atoms with Gasteiger partial charge in [-0.05, 0) is 87.9 Å². The maximum atomic E-state index is 15.5. The fraction of sp³-hybridized carbons (Fsp3) is 0.432. The van der Waals surface area contributed by atoms with Gasteiger partial charge in [-0.1, -0.05) is 17.7 Å². The third kappa shape index (κ3) is 9.22. The summed E-state index contributed by atoms with van der Waals surface area (Å²) in [5, 5.41) is 11.4. The molecule has 2 aromatic carbocycles. The Kier molecular flexibility index (Phi) is 13.4. The third-order valence-corrected chi connectivity index (χ3v) is 14.2. The van der Waals surface area contributed by atoms with Gasteiger partial charge in [0.2, 0.25) is 17.7 Å². The molecule has 6 rings (SSSR count). The largest absolute Gasteiger partial charge is 0.404 e. The van der Waals surface area contributed by atoms with Crippen molar-refractivity contribution in [3.63, 3.8) is 0 Å². The second-order valence-electron chi connectivity index (χ2n) is 13.5. The number of rotatable bonds is 15. The van der Waals surface area contributed by atoms with Crippen molar-refractivity contribution in [2.75, 3.05) is 26.3 Å². The zero-order valence-electron chi connectivity index (χ0n) is 30.9. The summed E-state index contributed by atoms with van der Waals surface area (Å²) >= 11 is 8.24. The van der Waals surface area contributed by atoms with Crippen molar-refractivity contribution in [1.29, 1.82) is 0 Å². The van der Waals surface area contributed by atoms with E-state index in [0.29, 0.717) is 52.2 Å². The zero-order chi connectivity index (χ0) is 41.1. The Morgan fingerprint density at radius 3 is 2.58 bits per heavy atom. The first kappa shape index (κ1) is 42.7. The molecule has 0 saturated carbocycles. The Balaban J connectivity index is 1.19. The van der Waals surface area contributed by atoms with Gasteiger partial charge in [0.05, 0.1) is 34.8 Å². The number of nitrogens with two attached hydrogens (primary N) is 1. The van der Waals surface area contributed by atoms with Crippen LogP contribution >= 0.6 is 41.9 Å². The molecule has 5 N–H and O–H groups in total. The van der Waals surface area contributed by atoms with E-state index in [9.17, 15) is 28.1 Å². The van der Waals surface area contributed by atoms with Gasteiger partial charge in [0, 0.05) is 40.2 Å². The molecule has 20 heteroatoms. The van der Waals surface area contributed by atoms with E-state index in [0.717, 1.165) is 23.5 Å². The Labute approximate surface area is 339 Å². The molecular weight excluding hydrogens is 828 g/mol. The van der Waals surface area contributed by atoms with Crippen molar-refractivity contribution in [1.82, 2.24) is 25.8 Å². The minimum absolute atomic E-state index is 0.0548. The molecule has 2 aromatic heterocycles. The highest BCUT2D eigenvalue weighted by Gasteiger charge is 2.55. The number of halogens is 4. The van der Waals surface area contributed by atoms with E-state index in [1.165, 1.54) is 60.4 Å². The van der Waals surface area contributed by atoms with Crippen LogP contribution in [0.1, 0.15) is 72.2 Å². The van der Waals surface area contributed by atoms with E-state index < -0.39 is 66.4 Å². The first-order valence-electron chi connectivity index (χ1n) is 18.3. The number of primary amides is 1. The molecule has 13 nitrogen and oxygen atoms in total. The van der Waals surface area contributed by atoms with Gasteiger partial charge < -0.3 is 35.6 Å². The molecule has 0 unspecified atom stereocenters. The Bertz CT molecular complexity index is 2200. The minimum Gasteiger partial charge on any atom is -0.370 e. The molecule has 2 fully saturated rings. The van der Waals surface area contributed by atoms with Crippen LogP contribution in [0.2, 0.25) is 5.02 Å².